The zero-order valence-electron chi connectivity index (χ0n) is 11.8. The normalized spacial score (nSPS) is 11.1. The summed E-state index contributed by atoms with van der Waals surface area (Å²) < 4.78 is 0. The van der Waals surface area contributed by atoms with Gasteiger partial charge in [0.1, 0.15) is 0 Å². The van der Waals surface area contributed by atoms with Crippen LogP contribution in [0.4, 0.5) is 0 Å². The molecule has 0 saturated heterocycles. The van der Waals surface area contributed by atoms with Crippen LogP contribution in [0.25, 0.3) is 0 Å². The first-order valence-corrected chi connectivity index (χ1v) is 5.13. The SMILES string of the molecule is CCCCC(C(=O)[O-])(C(=O)[O-])C(C)(C)C.[Na+].[Na+]. The van der Waals surface area contributed by atoms with E-state index >= 15 is 0 Å². The van der Waals surface area contributed by atoms with Crippen molar-refractivity contribution in [3.8, 4) is 0 Å². The van der Waals surface area contributed by atoms with Crippen LogP contribution in [0.15, 0.2) is 0 Å². The van der Waals surface area contributed by atoms with Gasteiger partial charge in [-0.2, -0.15) is 0 Å². The Kier molecular flexibility index (Phi) is 12.1. The number of rotatable bonds is 5. The van der Waals surface area contributed by atoms with E-state index in [9.17, 15) is 19.8 Å². The summed E-state index contributed by atoms with van der Waals surface area (Å²) >= 11 is 0. The molecule has 4 nitrogen and oxygen atoms in total. The molecule has 0 heterocycles. The van der Waals surface area contributed by atoms with Crippen molar-refractivity contribution < 1.29 is 78.9 Å². The summed E-state index contributed by atoms with van der Waals surface area (Å²) in [5.41, 5.74) is -2.82. The van der Waals surface area contributed by atoms with Crippen molar-refractivity contribution in [2.24, 2.45) is 10.8 Å². The van der Waals surface area contributed by atoms with E-state index in [0.717, 1.165) is 6.42 Å². The van der Waals surface area contributed by atoms with Crippen LogP contribution in [0.5, 0.6) is 0 Å². The smallest absolute Gasteiger partial charge is 0.549 e. The molecule has 0 aromatic carbocycles. The molecule has 0 aliphatic heterocycles. The average molecular weight is 260 g/mol. The van der Waals surface area contributed by atoms with Crippen molar-refractivity contribution in [2.75, 3.05) is 0 Å². The first-order chi connectivity index (χ1) is 6.70. The molecule has 0 bridgehead atoms. The summed E-state index contributed by atoms with van der Waals surface area (Å²) in [6, 6.07) is 0. The number of unbranched alkanes of at least 4 members (excludes halogenated alkanes) is 1. The fourth-order valence-corrected chi connectivity index (χ4v) is 1.72. The van der Waals surface area contributed by atoms with Gasteiger partial charge in [-0.1, -0.05) is 40.5 Å². The molecule has 17 heavy (non-hydrogen) atoms. The third-order valence-electron chi connectivity index (χ3n) is 2.88. The van der Waals surface area contributed by atoms with Crippen molar-refractivity contribution in [1.82, 2.24) is 0 Å². The molecule has 0 rings (SSSR count). The van der Waals surface area contributed by atoms with Gasteiger partial charge in [-0.3, -0.25) is 0 Å². The third-order valence-corrected chi connectivity index (χ3v) is 2.88. The van der Waals surface area contributed by atoms with Crippen molar-refractivity contribution in [3.05, 3.63) is 0 Å². The van der Waals surface area contributed by atoms with Crippen molar-refractivity contribution in [1.29, 1.82) is 0 Å². The Bertz CT molecular complexity index is 245. The molecule has 0 atom stereocenters. The summed E-state index contributed by atoms with van der Waals surface area (Å²) in [4.78, 5) is 22.2. The van der Waals surface area contributed by atoms with E-state index in [4.69, 9.17) is 0 Å². The second kappa shape index (κ2) is 8.94. The average Bonchev–Trinajstić information content (AvgIpc) is 2.01. The standard InChI is InChI=1S/C11H20O4.2Na/c1-5-6-7-11(8(12)13,9(14)15)10(2,3)4;;/h5-7H2,1-4H3,(H,12,13)(H,14,15);;/q;2*+1/p-2. The molecule has 0 N–H and O–H groups in total. The monoisotopic (exact) mass is 260 g/mol. The Morgan fingerprint density at radius 1 is 1.00 bits per heavy atom. The molecule has 88 valence electrons. The van der Waals surface area contributed by atoms with Gasteiger partial charge in [-0.25, -0.2) is 0 Å². The van der Waals surface area contributed by atoms with Crippen LogP contribution < -0.4 is 69.3 Å². The van der Waals surface area contributed by atoms with Gasteiger partial charge in [0.05, 0.1) is 17.4 Å². The first-order valence-electron chi connectivity index (χ1n) is 5.13. The third kappa shape index (κ3) is 5.21. The number of carbonyl (C=O) groups is 2. The fraction of sp³-hybridized carbons (Fsp3) is 0.818. The molecule has 0 spiro atoms. The van der Waals surface area contributed by atoms with Crippen LogP contribution in [0, 0.1) is 10.8 Å². The van der Waals surface area contributed by atoms with Gasteiger partial charge in [0.15, 0.2) is 0 Å². The zero-order chi connectivity index (χ0) is 12.3. The van der Waals surface area contributed by atoms with E-state index < -0.39 is 22.8 Å². The second-order valence-electron chi connectivity index (χ2n) is 4.83. The molecule has 0 aliphatic rings. The van der Waals surface area contributed by atoms with Crippen LogP contribution in [0.1, 0.15) is 47.0 Å². The minimum absolute atomic E-state index is 0. The van der Waals surface area contributed by atoms with Gasteiger partial charge in [0.25, 0.3) is 0 Å². The number of aliphatic carboxylic acids is 2. The van der Waals surface area contributed by atoms with E-state index in [-0.39, 0.29) is 65.5 Å². The minimum Gasteiger partial charge on any atom is -0.549 e. The minimum atomic E-state index is -1.90. The number of carbonyl (C=O) groups excluding carboxylic acids is 2. The van der Waals surface area contributed by atoms with Crippen molar-refractivity contribution in [3.63, 3.8) is 0 Å². The molecule has 0 aliphatic carbocycles. The maximum absolute atomic E-state index is 11.1. The molecular formula is C11H18Na2O4. The first kappa shape index (κ1) is 23.1. The molecule has 0 amide bonds. The Balaban J connectivity index is -0.000000980. The molecular weight excluding hydrogens is 242 g/mol. The Hall–Kier alpha value is 0.940. The summed E-state index contributed by atoms with van der Waals surface area (Å²) in [5, 5.41) is 22.2. The summed E-state index contributed by atoms with van der Waals surface area (Å²) in [6.45, 7) is 6.61. The van der Waals surface area contributed by atoms with Crippen molar-refractivity contribution in [2.45, 2.75) is 47.0 Å². The van der Waals surface area contributed by atoms with Crippen LogP contribution in [-0.4, -0.2) is 11.9 Å². The maximum atomic E-state index is 11.1. The van der Waals surface area contributed by atoms with E-state index in [2.05, 4.69) is 0 Å². The summed E-state index contributed by atoms with van der Waals surface area (Å²) in [7, 11) is 0. The fourth-order valence-electron chi connectivity index (χ4n) is 1.72. The van der Waals surface area contributed by atoms with Crippen molar-refractivity contribution >= 4 is 11.9 Å². The van der Waals surface area contributed by atoms with E-state index in [1.807, 2.05) is 6.92 Å². The van der Waals surface area contributed by atoms with E-state index in [1.54, 1.807) is 20.8 Å². The molecule has 6 heteroatoms. The van der Waals surface area contributed by atoms with Crippen LogP contribution in [-0.2, 0) is 9.59 Å². The number of hydrogen-bond donors (Lipinski definition) is 0. The molecule has 0 fully saturated rings. The van der Waals surface area contributed by atoms with Crippen LogP contribution >= 0.6 is 0 Å². The Morgan fingerprint density at radius 2 is 1.35 bits per heavy atom. The number of carboxylic acids is 2. The van der Waals surface area contributed by atoms with Crippen LogP contribution in [0.2, 0.25) is 0 Å². The second-order valence-corrected chi connectivity index (χ2v) is 4.83. The number of carboxylic acid groups (broad SMARTS) is 2. The maximum Gasteiger partial charge on any atom is 1.00 e. The van der Waals surface area contributed by atoms with Gasteiger partial charge in [0.2, 0.25) is 0 Å². The Labute approximate surface area is 147 Å². The molecule has 0 aromatic heterocycles. The largest absolute Gasteiger partial charge is 1.00 e. The van der Waals surface area contributed by atoms with Gasteiger partial charge in [-0.15, -0.1) is 0 Å². The zero-order valence-corrected chi connectivity index (χ0v) is 15.8. The molecule has 0 aromatic rings. The van der Waals surface area contributed by atoms with Gasteiger partial charge < -0.3 is 19.8 Å². The van der Waals surface area contributed by atoms with Gasteiger partial charge in [0, 0.05) is 0 Å². The topological polar surface area (TPSA) is 80.3 Å². The van der Waals surface area contributed by atoms with Crippen LogP contribution in [0.3, 0.4) is 0 Å². The van der Waals surface area contributed by atoms with E-state index in [0.29, 0.717) is 6.42 Å². The summed E-state index contributed by atoms with van der Waals surface area (Å²) in [5.74, 6) is -3.10. The molecule has 0 radical (unpaired) electrons. The molecule has 0 saturated carbocycles. The summed E-state index contributed by atoms with van der Waals surface area (Å²) in [6.07, 6.45) is 1.31. The molecule has 0 unspecified atom stereocenters. The Morgan fingerprint density at radius 3 is 1.53 bits per heavy atom. The number of hydrogen-bond acceptors (Lipinski definition) is 4. The predicted octanol–water partition coefficient (Wildman–Crippen LogP) is -6.28. The quantitative estimate of drug-likeness (QED) is 0.364. The van der Waals surface area contributed by atoms with Gasteiger partial charge in [-0.05, 0) is 11.8 Å². The predicted molar refractivity (Wildman–Crippen MR) is 51.4 cm³/mol. The van der Waals surface area contributed by atoms with E-state index in [1.165, 1.54) is 0 Å². The van der Waals surface area contributed by atoms with Gasteiger partial charge >= 0.3 is 59.1 Å².